The second-order valence-corrected chi connectivity index (χ2v) is 3.16. The van der Waals surface area contributed by atoms with Gasteiger partial charge in [0.05, 0.1) is 12.3 Å². The van der Waals surface area contributed by atoms with Gasteiger partial charge in [0.2, 0.25) is 5.95 Å². The fourth-order valence-electron chi connectivity index (χ4n) is 1.35. The monoisotopic (exact) mass is 198 g/mol. The van der Waals surface area contributed by atoms with E-state index < -0.39 is 5.82 Å². The summed E-state index contributed by atoms with van der Waals surface area (Å²) in [7, 11) is 1.63. The molecule has 0 unspecified atom stereocenters. The van der Waals surface area contributed by atoms with Gasteiger partial charge in [0.15, 0.2) is 11.6 Å². The normalized spacial score (nSPS) is 16.9. The molecular formula is C8H11FN4O. The number of methoxy groups -OCH3 is 1. The van der Waals surface area contributed by atoms with Gasteiger partial charge in [-0.05, 0) is 0 Å². The lowest BCUT2D eigenvalue weighted by Gasteiger charge is -2.38. The molecule has 0 amide bonds. The topological polar surface area (TPSA) is 64.3 Å². The molecule has 0 aromatic carbocycles. The lowest BCUT2D eigenvalue weighted by atomic mass is 10.1. The minimum absolute atomic E-state index is 0.0854. The third-order valence-corrected chi connectivity index (χ3v) is 2.23. The standard InChI is InChI=1S/C8H11FN4O/c1-14-5-3-13(4-5)7-6(9)2-11-8(10)12-7/h2,5H,3-4H2,1H3,(H2,10,11,12). The molecule has 0 saturated carbocycles. The zero-order chi connectivity index (χ0) is 10.1. The van der Waals surface area contributed by atoms with Crippen molar-refractivity contribution in [2.24, 2.45) is 0 Å². The highest BCUT2D eigenvalue weighted by molar-refractivity contribution is 5.45. The number of hydrogen-bond acceptors (Lipinski definition) is 5. The minimum Gasteiger partial charge on any atom is -0.378 e. The molecule has 14 heavy (non-hydrogen) atoms. The summed E-state index contributed by atoms with van der Waals surface area (Å²) < 4.78 is 18.3. The van der Waals surface area contributed by atoms with E-state index >= 15 is 0 Å². The predicted octanol–water partition coefficient (Wildman–Crippen LogP) is 0.0329. The van der Waals surface area contributed by atoms with Gasteiger partial charge >= 0.3 is 0 Å². The van der Waals surface area contributed by atoms with Crippen molar-refractivity contribution in [3.8, 4) is 0 Å². The highest BCUT2D eigenvalue weighted by Gasteiger charge is 2.29. The van der Waals surface area contributed by atoms with Crippen LogP contribution in [0.25, 0.3) is 0 Å². The predicted molar refractivity (Wildman–Crippen MR) is 49.4 cm³/mol. The molecular weight excluding hydrogens is 187 g/mol. The van der Waals surface area contributed by atoms with E-state index in [9.17, 15) is 4.39 Å². The second-order valence-electron chi connectivity index (χ2n) is 3.16. The molecule has 0 atom stereocenters. The fraction of sp³-hybridized carbons (Fsp3) is 0.500. The van der Waals surface area contributed by atoms with Crippen LogP contribution in [0.4, 0.5) is 16.2 Å². The number of nitrogen functional groups attached to an aromatic ring is 1. The van der Waals surface area contributed by atoms with Crippen LogP contribution >= 0.6 is 0 Å². The molecule has 2 rings (SSSR count). The summed E-state index contributed by atoms with van der Waals surface area (Å²) in [5, 5.41) is 0. The third kappa shape index (κ3) is 1.48. The van der Waals surface area contributed by atoms with Crippen LogP contribution in [0.15, 0.2) is 6.20 Å². The van der Waals surface area contributed by atoms with Gasteiger partial charge in [-0.3, -0.25) is 0 Å². The largest absolute Gasteiger partial charge is 0.378 e. The van der Waals surface area contributed by atoms with Crippen molar-refractivity contribution < 1.29 is 9.13 Å². The van der Waals surface area contributed by atoms with Gasteiger partial charge in [-0.2, -0.15) is 4.98 Å². The maximum atomic E-state index is 13.2. The van der Waals surface area contributed by atoms with Gasteiger partial charge in [0.1, 0.15) is 0 Å². The first-order valence-electron chi connectivity index (χ1n) is 4.26. The number of nitrogens with two attached hydrogens (primary N) is 1. The molecule has 6 heteroatoms. The van der Waals surface area contributed by atoms with E-state index in [1.54, 1.807) is 12.0 Å². The Hall–Kier alpha value is -1.43. The van der Waals surface area contributed by atoms with Crippen LogP contribution in [0.3, 0.4) is 0 Å². The Morgan fingerprint density at radius 3 is 3.00 bits per heavy atom. The van der Waals surface area contributed by atoms with Crippen molar-refractivity contribution in [3.63, 3.8) is 0 Å². The van der Waals surface area contributed by atoms with Crippen LogP contribution in [0.1, 0.15) is 0 Å². The van der Waals surface area contributed by atoms with Gasteiger partial charge in [-0.15, -0.1) is 0 Å². The van der Waals surface area contributed by atoms with Gasteiger partial charge < -0.3 is 15.4 Å². The maximum absolute atomic E-state index is 13.2. The van der Waals surface area contributed by atoms with E-state index in [1.165, 1.54) is 0 Å². The van der Waals surface area contributed by atoms with Crippen LogP contribution < -0.4 is 10.6 Å². The molecule has 1 aliphatic heterocycles. The first kappa shape index (κ1) is 9.14. The number of rotatable bonds is 2. The van der Waals surface area contributed by atoms with Crippen LogP contribution in [-0.4, -0.2) is 36.3 Å². The second kappa shape index (κ2) is 3.38. The Morgan fingerprint density at radius 2 is 2.36 bits per heavy atom. The van der Waals surface area contributed by atoms with Gasteiger partial charge in [0, 0.05) is 20.2 Å². The molecule has 76 valence electrons. The molecule has 1 aromatic rings. The van der Waals surface area contributed by atoms with Crippen molar-refractivity contribution in [2.75, 3.05) is 30.8 Å². The van der Waals surface area contributed by atoms with Crippen LogP contribution in [-0.2, 0) is 4.74 Å². The van der Waals surface area contributed by atoms with E-state index in [1.807, 2.05) is 0 Å². The molecule has 1 aliphatic rings. The smallest absolute Gasteiger partial charge is 0.222 e. The van der Waals surface area contributed by atoms with Gasteiger partial charge in [-0.1, -0.05) is 0 Å². The Morgan fingerprint density at radius 1 is 1.64 bits per heavy atom. The molecule has 2 heterocycles. The summed E-state index contributed by atoms with van der Waals surface area (Å²) in [5.41, 5.74) is 5.36. The number of ether oxygens (including phenoxy) is 1. The number of nitrogens with zero attached hydrogens (tertiary/aromatic N) is 3. The van der Waals surface area contributed by atoms with E-state index in [-0.39, 0.29) is 17.9 Å². The SMILES string of the molecule is COC1CN(c2nc(N)ncc2F)C1. The average molecular weight is 198 g/mol. The third-order valence-electron chi connectivity index (χ3n) is 2.23. The zero-order valence-corrected chi connectivity index (χ0v) is 7.77. The number of anilines is 2. The molecule has 0 bridgehead atoms. The van der Waals surface area contributed by atoms with E-state index in [0.29, 0.717) is 13.1 Å². The van der Waals surface area contributed by atoms with Crippen LogP contribution in [0.2, 0.25) is 0 Å². The minimum atomic E-state index is -0.450. The fourth-order valence-corrected chi connectivity index (χ4v) is 1.35. The number of hydrogen-bond donors (Lipinski definition) is 1. The summed E-state index contributed by atoms with van der Waals surface area (Å²) in [6.07, 6.45) is 1.24. The van der Waals surface area contributed by atoms with Crippen molar-refractivity contribution >= 4 is 11.8 Å². The molecule has 1 fully saturated rings. The van der Waals surface area contributed by atoms with Crippen molar-refractivity contribution in [1.29, 1.82) is 0 Å². The summed E-state index contributed by atoms with van der Waals surface area (Å²) in [6, 6.07) is 0. The van der Waals surface area contributed by atoms with Crippen LogP contribution in [0.5, 0.6) is 0 Å². The van der Waals surface area contributed by atoms with E-state index in [2.05, 4.69) is 9.97 Å². The van der Waals surface area contributed by atoms with Crippen molar-refractivity contribution in [2.45, 2.75) is 6.10 Å². The molecule has 1 saturated heterocycles. The molecule has 5 nitrogen and oxygen atoms in total. The lowest BCUT2D eigenvalue weighted by Crippen LogP contribution is -2.52. The Labute approximate surface area is 80.7 Å². The van der Waals surface area contributed by atoms with Gasteiger partial charge in [0.25, 0.3) is 0 Å². The molecule has 0 aliphatic carbocycles. The molecule has 2 N–H and O–H groups in total. The summed E-state index contributed by atoms with van der Waals surface area (Å²) in [4.78, 5) is 9.14. The quantitative estimate of drug-likeness (QED) is 0.726. The van der Waals surface area contributed by atoms with E-state index in [0.717, 1.165) is 6.20 Å². The molecule has 1 aromatic heterocycles. The average Bonchev–Trinajstić information content (AvgIpc) is 2.09. The van der Waals surface area contributed by atoms with Gasteiger partial charge in [-0.25, -0.2) is 9.37 Å². The Kier molecular flexibility index (Phi) is 2.20. The summed E-state index contributed by atoms with van der Waals surface area (Å²) in [5.74, 6) is -0.109. The molecule has 0 radical (unpaired) electrons. The van der Waals surface area contributed by atoms with Crippen molar-refractivity contribution in [3.05, 3.63) is 12.0 Å². The lowest BCUT2D eigenvalue weighted by molar-refractivity contribution is 0.0779. The highest BCUT2D eigenvalue weighted by atomic mass is 19.1. The van der Waals surface area contributed by atoms with Crippen LogP contribution in [0, 0.1) is 5.82 Å². The highest BCUT2D eigenvalue weighted by Crippen LogP contribution is 2.22. The first-order valence-corrected chi connectivity index (χ1v) is 4.26. The van der Waals surface area contributed by atoms with E-state index in [4.69, 9.17) is 10.5 Å². The Balaban J connectivity index is 2.13. The van der Waals surface area contributed by atoms with Crippen molar-refractivity contribution in [1.82, 2.24) is 9.97 Å². The molecule has 0 spiro atoms. The summed E-state index contributed by atoms with van der Waals surface area (Å²) in [6.45, 7) is 1.29. The maximum Gasteiger partial charge on any atom is 0.222 e. The number of aromatic nitrogens is 2. The first-order chi connectivity index (χ1) is 6.70. The Bertz CT molecular complexity index is 340. The zero-order valence-electron chi connectivity index (χ0n) is 7.77. The summed E-state index contributed by atoms with van der Waals surface area (Å²) >= 11 is 0. The number of halogens is 1.